The van der Waals surface area contributed by atoms with Crippen LogP contribution in [0.1, 0.15) is 17.7 Å². The van der Waals surface area contributed by atoms with Crippen molar-refractivity contribution in [2.45, 2.75) is 10.4 Å². The number of fused-ring (bicyclic) bond motifs is 1. The van der Waals surface area contributed by atoms with Crippen molar-refractivity contribution in [3.8, 4) is 0 Å². The van der Waals surface area contributed by atoms with Crippen LogP contribution >= 0.6 is 32.1 Å². The Kier molecular flexibility index (Phi) is 5.14. The Bertz CT molecular complexity index is 987. The molecule has 0 spiro atoms. The molecule has 4 rings (SSSR count). The number of hydrogen-bond acceptors (Lipinski definition) is 4. The van der Waals surface area contributed by atoms with E-state index in [1.165, 1.54) is 23.5 Å². The second kappa shape index (κ2) is 7.55. The molecule has 2 aliphatic rings. The van der Waals surface area contributed by atoms with Gasteiger partial charge in [-0.05, 0) is 50.9 Å². The van der Waals surface area contributed by atoms with E-state index in [1.54, 1.807) is 12.1 Å². The predicted molar refractivity (Wildman–Crippen MR) is 119 cm³/mol. The van der Waals surface area contributed by atoms with Crippen LogP contribution in [0.25, 0.3) is 5.57 Å². The number of nitrogens with zero attached hydrogens (tertiary/aromatic N) is 2. The van der Waals surface area contributed by atoms with Gasteiger partial charge >= 0.3 is 3.93 Å². The maximum Gasteiger partial charge on any atom is 0.316 e. The summed E-state index contributed by atoms with van der Waals surface area (Å²) in [7, 11) is 0. The molecule has 1 aliphatic heterocycles. The number of nitrogens with one attached hydrogen (secondary N) is 1. The molecular weight excluding hydrogens is 479 g/mol. The Morgan fingerprint density at radius 1 is 1.22 bits per heavy atom. The number of halogens is 3. The third kappa shape index (κ3) is 3.98. The lowest BCUT2D eigenvalue weighted by atomic mass is 9.89. The van der Waals surface area contributed by atoms with Gasteiger partial charge in [0.2, 0.25) is 0 Å². The van der Waals surface area contributed by atoms with Crippen molar-refractivity contribution in [3.05, 3.63) is 71.4 Å². The quantitative estimate of drug-likeness (QED) is 0.393. The molecule has 1 aromatic heterocycles. The minimum absolute atomic E-state index is 0.0197. The molecule has 7 heteroatoms. The number of rotatable bonds is 5. The standard InChI is InChI=1S/C20H16F2IN3S/c1-23-20(21,22)15-6-8-16(9-7-15)25-19-26-18(12-27-19)14-10-13-4-2-3-5-17(13)24-11-14/h2-9,11-13H,1,10H2,(H,25,26). The summed E-state index contributed by atoms with van der Waals surface area (Å²) < 4.78 is 28.0. The summed E-state index contributed by atoms with van der Waals surface area (Å²) in [6.45, 7) is 0. The number of allylic oxidation sites excluding steroid dienone is 5. The highest BCUT2D eigenvalue weighted by Gasteiger charge is 2.27. The van der Waals surface area contributed by atoms with Crippen LogP contribution in [0.4, 0.5) is 19.6 Å². The van der Waals surface area contributed by atoms with Crippen molar-refractivity contribution in [1.29, 1.82) is 0 Å². The number of alkyl halides is 3. The Morgan fingerprint density at radius 2 is 2.04 bits per heavy atom. The number of hydrogen-bond donors (Lipinski definition) is 1. The predicted octanol–water partition coefficient (Wildman–Crippen LogP) is 6.27. The molecule has 2 aromatic rings. The Morgan fingerprint density at radius 3 is 2.81 bits per heavy atom. The van der Waals surface area contributed by atoms with Crippen molar-refractivity contribution in [2.75, 3.05) is 5.32 Å². The highest BCUT2D eigenvalue weighted by Crippen LogP contribution is 2.39. The van der Waals surface area contributed by atoms with Crippen LogP contribution in [0.2, 0.25) is 0 Å². The van der Waals surface area contributed by atoms with E-state index >= 15 is 0 Å². The first-order chi connectivity index (χ1) is 13.0. The highest BCUT2D eigenvalue weighted by atomic mass is 127. The Hall–Kier alpha value is -2.00. The van der Waals surface area contributed by atoms with Crippen molar-refractivity contribution < 1.29 is 8.78 Å². The van der Waals surface area contributed by atoms with Gasteiger partial charge in [0, 0.05) is 34.5 Å². The smallest absolute Gasteiger partial charge is 0.316 e. The topological polar surface area (TPSA) is 37.3 Å². The zero-order valence-corrected chi connectivity index (χ0v) is 17.2. The number of anilines is 2. The lowest BCUT2D eigenvalue weighted by molar-refractivity contribution is 0.127. The van der Waals surface area contributed by atoms with Gasteiger partial charge in [0.15, 0.2) is 5.13 Å². The number of aliphatic imine (C=N–C) groups is 1. The zero-order valence-electron chi connectivity index (χ0n) is 14.2. The summed E-state index contributed by atoms with van der Waals surface area (Å²) in [5.41, 5.74) is 3.83. The van der Waals surface area contributed by atoms with Crippen LogP contribution in [0.5, 0.6) is 0 Å². The van der Waals surface area contributed by atoms with E-state index in [0.717, 1.165) is 34.2 Å². The Labute approximate surface area is 170 Å². The fourth-order valence-electron chi connectivity index (χ4n) is 2.92. The molecule has 1 unspecified atom stereocenters. The van der Waals surface area contributed by atoms with Gasteiger partial charge < -0.3 is 5.32 Å². The first-order valence-electron chi connectivity index (χ1n) is 8.27. The summed E-state index contributed by atoms with van der Waals surface area (Å²) in [4.78, 5) is 9.16. The molecule has 3 nitrogen and oxygen atoms in total. The zero-order chi connectivity index (χ0) is 18.9. The minimum Gasteiger partial charge on any atom is -0.332 e. The van der Waals surface area contributed by atoms with Crippen molar-refractivity contribution >= 4 is 58.7 Å². The summed E-state index contributed by atoms with van der Waals surface area (Å²) >= 11 is 0.0583. The average molecular weight is 495 g/mol. The van der Waals surface area contributed by atoms with E-state index in [2.05, 4.69) is 25.9 Å². The summed E-state index contributed by atoms with van der Waals surface area (Å²) in [6.07, 6.45) is 11.0. The number of aromatic nitrogens is 1. The molecule has 1 aliphatic carbocycles. The van der Waals surface area contributed by atoms with Gasteiger partial charge in [-0.1, -0.05) is 34.9 Å². The summed E-state index contributed by atoms with van der Waals surface area (Å²) in [5.74, 6) is 0.304. The first kappa shape index (κ1) is 18.4. The molecule has 0 fully saturated rings. The van der Waals surface area contributed by atoms with E-state index in [1.807, 2.05) is 29.8 Å². The summed E-state index contributed by atoms with van der Waals surface area (Å²) in [5, 5.41) is 5.90. The van der Waals surface area contributed by atoms with Gasteiger partial charge in [0.25, 0.3) is 0 Å². The van der Waals surface area contributed by atoms with Gasteiger partial charge in [0.05, 0.1) is 5.69 Å². The largest absolute Gasteiger partial charge is 0.332 e. The molecule has 2 heterocycles. The molecule has 0 amide bonds. The maximum atomic E-state index is 13.7. The molecular formula is C20H16F2IN3S. The van der Waals surface area contributed by atoms with Gasteiger partial charge in [-0.25, -0.2) is 4.98 Å². The number of benzene rings is 1. The van der Waals surface area contributed by atoms with Crippen LogP contribution in [-0.2, 0) is 3.93 Å². The molecule has 0 saturated heterocycles. The second-order valence-electron chi connectivity index (χ2n) is 6.13. The molecule has 0 saturated carbocycles. The lowest BCUT2D eigenvalue weighted by Gasteiger charge is -2.20. The van der Waals surface area contributed by atoms with Gasteiger partial charge in [-0.3, -0.25) is 4.99 Å². The molecule has 0 radical (unpaired) electrons. The first-order valence-corrected chi connectivity index (χ1v) is 11.8. The van der Waals surface area contributed by atoms with Crippen molar-refractivity contribution in [1.82, 2.24) is 4.98 Å². The van der Waals surface area contributed by atoms with E-state index < -0.39 is 24.7 Å². The monoisotopic (exact) mass is 495 g/mol. The van der Waals surface area contributed by atoms with Gasteiger partial charge in [0.1, 0.15) is 0 Å². The second-order valence-corrected chi connectivity index (χ2v) is 9.11. The van der Waals surface area contributed by atoms with E-state index in [-0.39, 0.29) is 5.56 Å². The van der Waals surface area contributed by atoms with Crippen LogP contribution in [-0.4, -0.2) is 15.2 Å². The fraction of sp³-hybridized carbons (Fsp3) is 0.150. The third-order valence-corrected chi connectivity index (χ3v) is 6.71. The lowest BCUT2D eigenvalue weighted by Crippen LogP contribution is -2.15. The third-order valence-electron chi connectivity index (χ3n) is 4.38. The summed E-state index contributed by atoms with van der Waals surface area (Å²) in [6, 6.07) is 6.20. The van der Waals surface area contributed by atoms with Gasteiger partial charge in [-0.15, -0.1) is 11.3 Å². The van der Waals surface area contributed by atoms with Crippen LogP contribution in [0.15, 0.2) is 65.1 Å². The molecule has 0 bridgehead atoms. The molecule has 1 atom stereocenters. The normalized spacial score (nSPS) is 18.7. The Balaban J connectivity index is 1.48. The van der Waals surface area contributed by atoms with Crippen molar-refractivity contribution in [2.24, 2.45) is 10.9 Å². The van der Waals surface area contributed by atoms with Crippen LogP contribution in [0.3, 0.4) is 0 Å². The van der Waals surface area contributed by atoms with Crippen LogP contribution < -0.4 is 5.32 Å². The average Bonchev–Trinajstić information content (AvgIpc) is 3.16. The number of thiazole rings is 1. The minimum atomic E-state index is -2.79. The van der Waals surface area contributed by atoms with E-state index in [4.69, 9.17) is 0 Å². The molecule has 1 N–H and O–H groups in total. The molecule has 1 aromatic carbocycles. The van der Waals surface area contributed by atoms with Crippen LogP contribution in [0, 0.1) is 5.92 Å². The SMILES string of the molecule is C=IC(F)(F)c1ccc(Nc2nc(C3=CN=C4C=CC=CC4C3)cs2)cc1. The van der Waals surface area contributed by atoms with Gasteiger partial charge in [-0.2, -0.15) is 8.78 Å². The van der Waals surface area contributed by atoms with E-state index in [9.17, 15) is 8.78 Å². The van der Waals surface area contributed by atoms with E-state index in [0.29, 0.717) is 5.92 Å². The molecule has 138 valence electrons. The molecule has 27 heavy (non-hydrogen) atoms. The fourth-order valence-corrected chi connectivity index (χ4v) is 4.48. The maximum absolute atomic E-state index is 13.7. The highest BCUT2D eigenvalue weighted by molar-refractivity contribution is 14.2. The van der Waals surface area contributed by atoms with Crippen molar-refractivity contribution in [3.63, 3.8) is 0 Å².